The molecule has 3 aromatic rings. The number of nitrogens with zero attached hydrogens (tertiary/aromatic N) is 2. The average molecular weight is 533 g/mol. The third-order valence-corrected chi connectivity index (χ3v) is 7.00. The zero-order chi connectivity index (χ0) is 21.7. The highest BCUT2D eigenvalue weighted by Gasteiger charge is 2.21. The number of halogens is 1. The van der Waals surface area contributed by atoms with Gasteiger partial charge in [0.05, 0.1) is 16.3 Å². The summed E-state index contributed by atoms with van der Waals surface area (Å²) in [4.78, 5) is 12.6. The Morgan fingerprint density at radius 2 is 1.47 bits per heavy atom. The highest BCUT2D eigenvalue weighted by Crippen LogP contribution is 2.22. The summed E-state index contributed by atoms with van der Waals surface area (Å²) in [5, 5.41) is 4.15. The summed E-state index contributed by atoms with van der Waals surface area (Å²) >= 11 is 2.22. The summed E-state index contributed by atoms with van der Waals surface area (Å²) in [5.74, 6) is -0.375. The monoisotopic (exact) mass is 533 g/mol. The minimum Gasteiger partial charge on any atom is -0.269 e. The molecule has 0 radical (unpaired) electrons. The number of hydrogen-bond acceptors (Lipinski definition) is 4. The smallest absolute Gasteiger partial charge is 0.269 e. The highest BCUT2D eigenvalue weighted by atomic mass is 127. The van der Waals surface area contributed by atoms with Gasteiger partial charge in [-0.25, -0.2) is 13.8 Å². The molecule has 3 aromatic carbocycles. The first-order chi connectivity index (χ1) is 14.3. The van der Waals surface area contributed by atoms with E-state index in [0.29, 0.717) is 17.0 Å². The SMILES string of the molecule is C/C(=N/NC(=O)c1ccc(N(C)S(=O)(=O)c2ccccc2)cc1)c1ccc(I)cc1. The van der Waals surface area contributed by atoms with Crippen molar-refractivity contribution in [2.45, 2.75) is 11.8 Å². The lowest BCUT2D eigenvalue weighted by atomic mass is 10.1. The number of anilines is 1. The summed E-state index contributed by atoms with van der Waals surface area (Å²) in [6, 6.07) is 22.3. The molecule has 0 spiro atoms. The standard InChI is InChI=1S/C22H20IN3O3S/c1-16(17-8-12-19(23)13-9-17)24-25-22(27)18-10-14-20(15-11-18)26(2)30(28,29)21-6-4-3-5-7-21/h3-15H,1-2H3,(H,25,27)/b24-16-. The Kier molecular flexibility index (Phi) is 6.88. The number of carbonyl (C=O) groups is 1. The number of nitrogens with one attached hydrogen (secondary N) is 1. The second-order valence-electron chi connectivity index (χ2n) is 6.48. The van der Waals surface area contributed by atoms with Gasteiger partial charge in [-0.05, 0) is 83.6 Å². The van der Waals surface area contributed by atoms with Crippen LogP contribution < -0.4 is 9.73 Å². The molecule has 0 aromatic heterocycles. The summed E-state index contributed by atoms with van der Waals surface area (Å²) in [6.45, 7) is 1.81. The van der Waals surface area contributed by atoms with Gasteiger partial charge >= 0.3 is 0 Å². The van der Waals surface area contributed by atoms with Gasteiger partial charge in [0.25, 0.3) is 15.9 Å². The first-order valence-electron chi connectivity index (χ1n) is 9.03. The van der Waals surface area contributed by atoms with E-state index < -0.39 is 10.0 Å². The Hall–Kier alpha value is -2.72. The molecule has 1 N–H and O–H groups in total. The molecule has 0 bridgehead atoms. The zero-order valence-corrected chi connectivity index (χ0v) is 19.4. The summed E-state index contributed by atoms with van der Waals surface area (Å²) < 4.78 is 27.7. The molecule has 1 amide bonds. The van der Waals surface area contributed by atoms with Gasteiger partial charge in [-0.3, -0.25) is 9.10 Å². The number of carbonyl (C=O) groups excluding carboxylic acids is 1. The topological polar surface area (TPSA) is 78.8 Å². The van der Waals surface area contributed by atoms with E-state index in [1.165, 1.54) is 11.4 Å². The van der Waals surface area contributed by atoms with E-state index >= 15 is 0 Å². The van der Waals surface area contributed by atoms with Gasteiger partial charge in [-0.2, -0.15) is 5.10 Å². The number of hydrazone groups is 1. The molecule has 30 heavy (non-hydrogen) atoms. The highest BCUT2D eigenvalue weighted by molar-refractivity contribution is 14.1. The summed E-state index contributed by atoms with van der Waals surface area (Å²) in [7, 11) is -2.19. The fourth-order valence-corrected chi connectivity index (χ4v) is 4.24. The van der Waals surface area contributed by atoms with Gasteiger partial charge in [0.15, 0.2) is 0 Å². The molecule has 154 valence electrons. The molecule has 0 unspecified atom stereocenters. The van der Waals surface area contributed by atoms with E-state index in [1.807, 2.05) is 31.2 Å². The second-order valence-corrected chi connectivity index (χ2v) is 9.69. The zero-order valence-electron chi connectivity index (χ0n) is 16.4. The van der Waals surface area contributed by atoms with Gasteiger partial charge in [0.2, 0.25) is 0 Å². The van der Waals surface area contributed by atoms with E-state index in [-0.39, 0.29) is 10.8 Å². The fraction of sp³-hybridized carbons (Fsp3) is 0.0909. The molecule has 0 saturated carbocycles. The Morgan fingerprint density at radius 1 is 0.900 bits per heavy atom. The van der Waals surface area contributed by atoms with Crippen molar-refractivity contribution in [3.05, 3.63) is 93.6 Å². The van der Waals surface area contributed by atoms with E-state index in [4.69, 9.17) is 0 Å². The van der Waals surface area contributed by atoms with Gasteiger partial charge in [0, 0.05) is 16.2 Å². The van der Waals surface area contributed by atoms with E-state index in [9.17, 15) is 13.2 Å². The van der Waals surface area contributed by atoms with Crippen LogP contribution in [0.3, 0.4) is 0 Å². The number of amides is 1. The Bertz CT molecular complexity index is 1160. The minimum atomic E-state index is -3.67. The Labute approximate surface area is 189 Å². The Balaban J connectivity index is 1.71. The number of hydrogen-bond donors (Lipinski definition) is 1. The molecule has 0 heterocycles. The number of sulfonamides is 1. The fourth-order valence-electron chi connectivity index (χ4n) is 2.67. The predicted molar refractivity (Wildman–Crippen MR) is 127 cm³/mol. The maximum atomic E-state index is 12.7. The molecule has 0 aliphatic heterocycles. The van der Waals surface area contributed by atoms with Crippen LogP contribution in [-0.4, -0.2) is 27.1 Å². The quantitative estimate of drug-likeness (QED) is 0.292. The van der Waals surface area contributed by atoms with E-state index in [0.717, 1.165) is 9.13 Å². The summed E-state index contributed by atoms with van der Waals surface area (Å²) in [6.07, 6.45) is 0. The van der Waals surface area contributed by atoms with Crippen LogP contribution >= 0.6 is 22.6 Å². The molecule has 0 aliphatic rings. The van der Waals surface area contributed by atoms with Crippen LogP contribution in [0.5, 0.6) is 0 Å². The molecule has 3 rings (SSSR count). The lowest BCUT2D eigenvalue weighted by molar-refractivity contribution is 0.0955. The van der Waals surface area contributed by atoms with Crippen LogP contribution in [0, 0.1) is 3.57 Å². The van der Waals surface area contributed by atoms with Crippen molar-refractivity contribution < 1.29 is 13.2 Å². The van der Waals surface area contributed by atoms with Crippen LogP contribution in [-0.2, 0) is 10.0 Å². The van der Waals surface area contributed by atoms with E-state index in [2.05, 4.69) is 33.1 Å². The maximum Gasteiger partial charge on any atom is 0.271 e. The molecule has 0 aliphatic carbocycles. The van der Waals surface area contributed by atoms with Crippen molar-refractivity contribution in [1.29, 1.82) is 0 Å². The number of rotatable bonds is 6. The van der Waals surface area contributed by atoms with Gasteiger partial charge in [-0.15, -0.1) is 0 Å². The van der Waals surface area contributed by atoms with Gasteiger partial charge < -0.3 is 0 Å². The van der Waals surface area contributed by atoms with Gasteiger partial charge in [-0.1, -0.05) is 30.3 Å². The largest absolute Gasteiger partial charge is 0.271 e. The predicted octanol–water partition coefficient (Wildman–Crippen LogP) is 4.27. The van der Waals surface area contributed by atoms with Crippen molar-refractivity contribution in [1.82, 2.24) is 5.43 Å². The summed E-state index contributed by atoms with van der Waals surface area (Å²) in [5.41, 5.74) is 4.96. The normalized spacial score (nSPS) is 11.8. The molecule has 6 nitrogen and oxygen atoms in total. The van der Waals surface area contributed by atoms with Crippen molar-refractivity contribution in [3.8, 4) is 0 Å². The van der Waals surface area contributed by atoms with Crippen LogP contribution in [0.25, 0.3) is 0 Å². The van der Waals surface area contributed by atoms with Gasteiger partial charge in [0.1, 0.15) is 0 Å². The maximum absolute atomic E-state index is 12.7. The van der Waals surface area contributed by atoms with Crippen molar-refractivity contribution in [3.63, 3.8) is 0 Å². The van der Waals surface area contributed by atoms with E-state index in [1.54, 1.807) is 54.6 Å². The molecular formula is C22H20IN3O3S. The molecule has 0 atom stereocenters. The Morgan fingerprint density at radius 3 is 2.07 bits per heavy atom. The van der Waals surface area contributed by atoms with Crippen molar-refractivity contribution >= 4 is 49.9 Å². The van der Waals surface area contributed by atoms with Crippen LogP contribution in [0.4, 0.5) is 5.69 Å². The lowest BCUT2D eigenvalue weighted by Gasteiger charge is -2.19. The van der Waals surface area contributed by atoms with Crippen LogP contribution in [0.15, 0.2) is 88.9 Å². The molecule has 0 fully saturated rings. The third kappa shape index (κ3) is 5.06. The first kappa shape index (κ1) is 22.0. The minimum absolute atomic E-state index is 0.203. The first-order valence-corrected chi connectivity index (χ1v) is 11.6. The van der Waals surface area contributed by atoms with Crippen molar-refractivity contribution in [2.24, 2.45) is 5.10 Å². The van der Waals surface area contributed by atoms with Crippen LogP contribution in [0.2, 0.25) is 0 Å². The van der Waals surface area contributed by atoms with Crippen molar-refractivity contribution in [2.75, 3.05) is 11.4 Å². The average Bonchev–Trinajstić information content (AvgIpc) is 2.78. The third-order valence-electron chi connectivity index (χ3n) is 4.48. The number of benzene rings is 3. The van der Waals surface area contributed by atoms with Crippen LogP contribution in [0.1, 0.15) is 22.8 Å². The molecular weight excluding hydrogens is 513 g/mol. The second kappa shape index (κ2) is 9.40. The molecule has 0 saturated heterocycles. The lowest BCUT2D eigenvalue weighted by Crippen LogP contribution is -2.26. The molecule has 8 heteroatoms.